The minimum absolute atomic E-state index is 0.0855. The molecule has 1 fully saturated rings. The highest BCUT2D eigenvalue weighted by atomic mass is 16.5. The number of nitrogens with zero attached hydrogens (tertiary/aromatic N) is 2. The molecule has 5 heteroatoms. The van der Waals surface area contributed by atoms with Crippen LogP contribution in [0.3, 0.4) is 0 Å². The molecule has 5 nitrogen and oxygen atoms in total. The van der Waals surface area contributed by atoms with Crippen LogP contribution in [-0.4, -0.2) is 41.2 Å². The van der Waals surface area contributed by atoms with Crippen molar-refractivity contribution in [3.63, 3.8) is 0 Å². The number of piperidine rings is 1. The number of pyridine rings is 1. The molecule has 0 amide bonds. The summed E-state index contributed by atoms with van der Waals surface area (Å²) in [6.45, 7) is 1.38. The number of methoxy groups -OCH3 is 1. The van der Waals surface area contributed by atoms with Crippen molar-refractivity contribution in [2.45, 2.75) is 18.9 Å². The lowest BCUT2D eigenvalue weighted by atomic mass is 9.93. The molecular formula is C23H24N2O3. The van der Waals surface area contributed by atoms with Gasteiger partial charge in [-0.2, -0.15) is 0 Å². The predicted octanol–water partition coefficient (Wildman–Crippen LogP) is 4.13. The average molecular weight is 376 g/mol. The van der Waals surface area contributed by atoms with Crippen LogP contribution in [0.2, 0.25) is 0 Å². The molecule has 2 unspecified atom stereocenters. The normalized spacial score (nSPS) is 18.7. The number of hydrogen-bond donors (Lipinski definition) is 1. The van der Waals surface area contributed by atoms with E-state index in [1.54, 1.807) is 7.11 Å². The van der Waals surface area contributed by atoms with Crippen LogP contribution in [0.5, 0.6) is 5.75 Å². The van der Waals surface area contributed by atoms with Gasteiger partial charge in [0.1, 0.15) is 5.75 Å². The maximum absolute atomic E-state index is 11.6. The van der Waals surface area contributed by atoms with Gasteiger partial charge in [0.25, 0.3) is 0 Å². The van der Waals surface area contributed by atoms with E-state index in [0.717, 1.165) is 47.3 Å². The quantitative estimate of drug-likeness (QED) is 0.725. The summed E-state index contributed by atoms with van der Waals surface area (Å²) in [6, 6.07) is 20.1. The Balaban J connectivity index is 1.76. The summed E-state index contributed by atoms with van der Waals surface area (Å²) < 4.78 is 5.30. The molecule has 2 heterocycles. The Morgan fingerprint density at radius 2 is 1.93 bits per heavy atom. The fourth-order valence-electron chi connectivity index (χ4n) is 4.03. The third kappa shape index (κ3) is 3.71. The van der Waals surface area contributed by atoms with Crippen LogP contribution in [-0.2, 0) is 4.79 Å². The Morgan fingerprint density at radius 1 is 1.14 bits per heavy atom. The van der Waals surface area contributed by atoms with Crippen LogP contribution in [0.1, 0.15) is 30.1 Å². The highest BCUT2D eigenvalue weighted by Crippen LogP contribution is 2.33. The van der Waals surface area contributed by atoms with Crippen LogP contribution in [0.15, 0.2) is 60.7 Å². The van der Waals surface area contributed by atoms with Gasteiger partial charge in [-0.05, 0) is 49.2 Å². The minimum Gasteiger partial charge on any atom is -0.497 e. The molecule has 3 aromatic rings. The monoisotopic (exact) mass is 376 g/mol. The molecule has 1 aliphatic rings. The first-order valence-electron chi connectivity index (χ1n) is 9.62. The van der Waals surface area contributed by atoms with E-state index in [1.165, 1.54) is 0 Å². The average Bonchev–Trinajstić information content (AvgIpc) is 2.74. The van der Waals surface area contributed by atoms with E-state index in [0.29, 0.717) is 6.54 Å². The van der Waals surface area contributed by atoms with Crippen molar-refractivity contribution >= 4 is 16.9 Å². The SMILES string of the molecule is COc1ccc(C(c2ccc3ccccc3n2)N2CCCC(C(=O)O)C2)cc1. The smallest absolute Gasteiger partial charge is 0.307 e. The maximum atomic E-state index is 11.6. The molecule has 1 saturated heterocycles. The van der Waals surface area contributed by atoms with Crippen LogP contribution >= 0.6 is 0 Å². The molecule has 1 aromatic heterocycles. The Bertz CT molecular complexity index is 971. The number of carbonyl (C=O) groups is 1. The number of ether oxygens (including phenoxy) is 1. The van der Waals surface area contributed by atoms with Crippen LogP contribution in [0, 0.1) is 5.92 Å². The molecule has 2 atom stereocenters. The summed E-state index contributed by atoms with van der Waals surface area (Å²) >= 11 is 0. The van der Waals surface area contributed by atoms with E-state index < -0.39 is 5.97 Å². The van der Waals surface area contributed by atoms with Crippen LogP contribution in [0.25, 0.3) is 10.9 Å². The van der Waals surface area contributed by atoms with Crippen LogP contribution < -0.4 is 4.74 Å². The molecular weight excluding hydrogens is 352 g/mol. The number of aromatic nitrogens is 1. The lowest BCUT2D eigenvalue weighted by molar-refractivity contribution is -0.143. The molecule has 0 aliphatic carbocycles. The van der Waals surface area contributed by atoms with Crippen molar-refractivity contribution in [2.24, 2.45) is 5.92 Å². The fourth-order valence-corrected chi connectivity index (χ4v) is 4.03. The molecule has 0 bridgehead atoms. The number of carboxylic acids is 1. The van der Waals surface area contributed by atoms with E-state index in [1.807, 2.05) is 42.5 Å². The molecule has 1 N–H and O–H groups in total. The number of carboxylic acid groups (broad SMARTS) is 1. The fraction of sp³-hybridized carbons (Fsp3) is 0.304. The first kappa shape index (κ1) is 18.4. The summed E-state index contributed by atoms with van der Waals surface area (Å²) in [5.74, 6) is -0.254. The second-order valence-electron chi connectivity index (χ2n) is 7.28. The van der Waals surface area contributed by atoms with Crippen molar-refractivity contribution in [1.29, 1.82) is 0 Å². The topological polar surface area (TPSA) is 62.7 Å². The third-order valence-electron chi connectivity index (χ3n) is 5.50. The van der Waals surface area contributed by atoms with E-state index in [4.69, 9.17) is 9.72 Å². The van der Waals surface area contributed by atoms with E-state index in [9.17, 15) is 9.90 Å². The molecule has 0 spiro atoms. The zero-order valence-corrected chi connectivity index (χ0v) is 15.9. The van der Waals surface area contributed by atoms with E-state index in [-0.39, 0.29) is 12.0 Å². The minimum atomic E-state index is -0.718. The van der Waals surface area contributed by atoms with Crippen molar-refractivity contribution < 1.29 is 14.6 Å². The highest BCUT2D eigenvalue weighted by molar-refractivity contribution is 5.78. The predicted molar refractivity (Wildman–Crippen MR) is 109 cm³/mol. The summed E-state index contributed by atoms with van der Waals surface area (Å²) in [6.07, 6.45) is 1.60. The molecule has 1 aliphatic heterocycles. The summed E-state index contributed by atoms with van der Waals surface area (Å²) in [7, 11) is 1.65. The number of rotatable bonds is 5. The Labute approximate surface area is 164 Å². The van der Waals surface area contributed by atoms with Gasteiger partial charge in [0, 0.05) is 11.9 Å². The van der Waals surface area contributed by atoms with Gasteiger partial charge in [0.05, 0.1) is 30.3 Å². The number of fused-ring (bicyclic) bond motifs is 1. The number of aliphatic carboxylic acids is 1. The largest absolute Gasteiger partial charge is 0.497 e. The third-order valence-corrected chi connectivity index (χ3v) is 5.50. The Kier molecular flexibility index (Phi) is 5.26. The highest BCUT2D eigenvalue weighted by Gasteiger charge is 2.32. The summed E-state index contributed by atoms with van der Waals surface area (Å²) in [5, 5.41) is 10.6. The van der Waals surface area contributed by atoms with Gasteiger partial charge in [0.2, 0.25) is 0 Å². The number of para-hydroxylation sites is 1. The molecule has 0 radical (unpaired) electrons. The number of likely N-dealkylation sites (tertiary alicyclic amines) is 1. The Morgan fingerprint density at radius 3 is 2.68 bits per heavy atom. The lowest BCUT2D eigenvalue weighted by Gasteiger charge is -2.37. The standard InChI is InChI=1S/C23H24N2O3/c1-28-19-11-8-17(9-12-19)22(25-14-4-6-18(15-25)23(26)27)21-13-10-16-5-2-3-7-20(16)24-21/h2-3,5,7-13,18,22H,4,6,14-15H2,1H3,(H,26,27). The van der Waals surface area contributed by atoms with Crippen molar-refractivity contribution in [3.05, 3.63) is 71.9 Å². The van der Waals surface area contributed by atoms with E-state index >= 15 is 0 Å². The molecule has 28 heavy (non-hydrogen) atoms. The number of hydrogen-bond acceptors (Lipinski definition) is 4. The van der Waals surface area contributed by atoms with E-state index in [2.05, 4.69) is 23.1 Å². The Hall–Kier alpha value is -2.92. The van der Waals surface area contributed by atoms with Gasteiger partial charge in [-0.25, -0.2) is 0 Å². The molecule has 144 valence electrons. The van der Waals surface area contributed by atoms with Gasteiger partial charge in [-0.15, -0.1) is 0 Å². The van der Waals surface area contributed by atoms with Crippen molar-refractivity contribution in [2.75, 3.05) is 20.2 Å². The molecule has 0 saturated carbocycles. The zero-order valence-electron chi connectivity index (χ0n) is 15.9. The zero-order chi connectivity index (χ0) is 19.5. The maximum Gasteiger partial charge on any atom is 0.307 e. The summed E-state index contributed by atoms with van der Waals surface area (Å²) in [5.41, 5.74) is 2.98. The molecule has 2 aromatic carbocycles. The summed E-state index contributed by atoms with van der Waals surface area (Å²) in [4.78, 5) is 18.8. The number of benzene rings is 2. The van der Waals surface area contributed by atoms with Gasteiger partial charge in [0.15, 0.2) is 0 Å². The van der Waals surface area contributed by atoms with Gasteiger partial charge in [-0.1, -0.05) is 36.4 Å². The van der Waals surface area contributed by atoms with Crippen molar-refractivity contribution in [3.8, 4) is 5.75 Å². The second-order valence-corrected chi connectivity index (χ2v) is 7.28. The van der Waals surface area contributed by atoms with Crippen LogP contribution in [0.4, 0.5) is 0 Å². The first-order valence-corrected chi connectivity index (χ1v) is 9.62. The van der Waals surface area contributed by atoms with Gasteiger partial charge in [-0.3, -0.25) is 14.7 Å². The lowest BCUT2D eigenvalue weighted by Crippen LogP contribution is -2.41. The van der Waals surface area contributed by atoms with Gasteiger partial charge < -0.3 is 9.84 Å². The van der Waals surface area contributed by atoms with Crippen molar-refractivity contribution in [1.82, 2.24) is 9.88 Å². The second kappa shape index (κ2) is 7.98. The van der Waals surface area contributed by atoms with Gasteiger partial charge >= 0.3 is 5.97 Å². The molecule has 4 rings (SSSR count). The first-order chi connectivity index (χ1) is 13.7.